The highest BCUT2D eigenvalue weighted by Gasteiger charge is 2.45. The standard InChI is InChI=1S/C52H54O16/c1-29-13-39(17-35(21-53)47(29)65-25-43(57)58)51(40-14-30(2)48(36(18-40)22-54)66-26-44(59)60)9-5-33(6-10-51)34-7-11-52(12-8-34,41-15-31(3)49(37(19-41)23-55)67-27-45(61)62)42-16-32(4)50(38(20-42)24-56)68-28-46(63)64/h13-24,33-34H,5-12,25-28H2,1-4H3,(H,57,58)(H,59,60)(H,61,62)(H,63,64). The fraction of sp³-hybridized carbons (Fsp3) is 0.385. The maximum Gasteiger partial charge on any atom is 0.341 e. The molecule has 2 aliphatic rings. The molecule has 0 amide bonds. The van der Waals surface area contributed by atoms with E-state index < -0.39 is 61.1 Å². The van der Waals surface area contributed by atoms with Crippen molar-refractivity contribution in [2.24, 2.45) is 11.8 Å². The molecule has 4 aromatic rings. The summed E-state index contributed by atoms with van der Waals surface area (Å²) >= 11 is 0. The van der Waals surface area contributed by atoms with E-state index in [1.807, 2.05) is 24.3 Å². The van der Waals surface area contributed by atoms with Gasteiger partial charge in [0, 0.05) is 10.8 Å². The van der Waals surface area contributed by atoms with E-state index in [-0.39, 0.29) is 57.1 Å². The SMILES string of the molecule is Cc1cc(C2(c3cc(C)c(OCC(=O)O)c(C=O)c3)CCC(C3CCC(c4cc(C)c(OCC(=O)O)c(C=O)c4)(c4cc(C)c(OCC(=O)O)c(C=O)c4)CC3)CC2)cc(C=O)c1OCC(=O)O. The normalized spacial score (nSPS) is 15.6. The first-order valence-corrected chi connectivity index (χ1v) is 22.2. The van der Waals surface area contributed by atoms with Crippen LogP contribution in [0.4, 0.5) is 0 Å². The topological polar surface area (TPSA) is 254 Å². The van der Waals surface area contributed by atoms with Gasteiger partial charge in [-0.15, -0.1) is 0 Å². The van der Waals surface area contributed by atoms with E-state index in [0.29, 0.717) is 73.1 Å². The molecule has 4 aromatic carbocycles. The zero-order chi connectivity index (χ0) is 49.5. The van der Waals surface area contributed by atoms with Crippen LogP contribution in [0.5, 0.6) is 23.0 Å². The molecule has 16 heteroatoms. The molecular weight excluding hydrogens is 881 g/mol. The van der Waals surface area contributed by atoms with Crippen LogP contribution in [0.15, 0.2) is 48.5 Å². The minimum atomic E-state index is -1.20. The molecule has 68 heavy (non-hydrogen) atoms. The summed E-state index contributed by atoms with van der Waals surface area (Å²) in [4.78, 5) is 95.9. The number of carboxylic acid groups (broad SMARTS) is 4. The molecule has 0 bridgehead atoms. The fourth-order valence-corrected chi connectivity index (χ4v) is 10.7. The molecule has 2 fully saturated rings. The smallest absolute Gasteiger partial charge is 0.341 e. The van der Waals surface area contributed by atoms with Crippen LogP contribution in [-0.4, -0.2) is 95.9 Å². The maximum absolute atomic E-state index is 12.6. The van der Waals surface area contributed by atoms with Gasteiger partial charge in [0.25, 0.3) is 0 Å². The summed E-state index contributed by atoms with van der Waals surface area (Å²) in [6, 6.07) is 14.3. The van der Waals surface area contributed by atoms with Gasteiger partial charge in [-0.25, -0.2) is 19.2 Å². The highest BCUT2D eigenvalue weighted by Crippen LogP contribution is 2.55. The van der Waals surface area contributed by atoms with Crippen molar-refractivity contribution in [3.63, 3.8) is 0 Å². The monoisotopic (exact) mass is 934 g/mol. The lowest BCUT2D eigenvalue weighted by Crippen LogP contribution is -2.39. The van der Waals surface area contributed by atoms with Crippen molar-refractivity contribution in [2.45, 2.75) is 89.9 Å². The molecule has 0 unspecified atom stereocenters. The van der Waals surface area contributed by atoms with Crippen LogP contribution in [0.25, 0.3) is 0 Å². The van der Waals surface area contributed by atoms with Crippen LogP contribution >= 0.6 is 0 Å². The largest absolute Gasteiger partial charge is 0.481 e. The number of rotatable bonds is 21. The first kappa shape index (κ1) is 50.1. The second-order valence-electron chi connectivity index (χ2n) is 17.9. The van der Waals surface area contributed by atoms with Crippen LogP contribution in [0.2, 0.25) is 0 Å². The lowest BCUT2D eigenvalue weighted by Gasteiger charge is -2.47. The summed E-state index contributed by atoms with van der Waals surface area (Å²) in [5.41, 5.74) is 4.45. The molecule has 0 aromatic heterocycles. The predicted molar refractivity (Wildman–Crippen MR) is 244 cm³/mol. The van der Waals surface area contributed by atoms with Crippen molar-refractivity contribution < 1.29 is 77.7 Å². The predicted octanol–water partition coefficient (Wildman–Crippen LogP) is 7.68. The maximum atomic E-state index is 12.6. The van der Waals surface area contributed by atoms with Gasteiger partial charge < -0.3 is 39.4 Å². The highest BCUT2D eigenvalue weighted by atomic mass is 16.5. The zero-order valence-corrected chi connectivity index (χ0v) is 38.3. The minimum Gasteiger partial charge on any atom is -0.481 e. The molecule has 16 nitrogen and oxygen atoms in total. The van der Waals surface area contributed by atoms with E-state index in [1.54, 1.807) is 52.0 Å². The van der Waals surface area contributed by atoms with Crippen LogP contribution in [-0.2, 0) is 30.0 Å². The summed E-state index contributed by atoms with van der Waals surface area (Å²) < 4.78 is 22.2. The number of aliphatic carboxylic acids is 4. The molecule has 2 saturated carbocycles. The number of carboxylic acids is 4. The number of ether oxygens (including phenoxy) is 4. The Balaban J connectivity index is 1.38. The fourth-order valence-electron chi connectivity index (χ4n) is 10.7. The van der Waals surface area contributed by atoms with Gasteiger partial charge in [-0.3, -0.25) is 19.2 Å². The van der Waals surface area contributed by atoms with Gasteiger partial charge in [-0.2, -0.15) is 0 Å². The molecule has 4 N–H and O–H groups in total. The van der Waals surface area contributed by atoms with E-state index in [9.17, 15) is 58.8 Å². The van der Waals surface area contributed by atoms with Crippen LogP contribution in [0.1, 0.15) is 137 Å². The number of benzene rings is 4. The third kappa shape index (κ3) is 10.4. The molecule has 0 radical (unpaired) electrons. The molecule has 358 valence electrons. The quantitative estimate of drug-likeness (QED) is 0.0585. The molecular formula is C52H54O16. The summed E-state index contributed by atoms with van der Waals surface area (Å²) in [6.45, 7) is 4.35. The zero-order valence-electron chi connectivity index (χ0n) is 38.3. The molecule has 0 saturated heterocycles. The first-order valence-electron chi connectivity index (χ1n) is 22.2. The van der Waals surface area contributed by atoms with Crippen molar-refractivity contribution in [3.8, 4) is 23.0 Å². The van der Waals surface area contributed by atoms with Crippen LogP contribution in [0.3, 0.4) is 0 Å². The Morgan fingerprint density at radius 3 is 0.809 bits per heavy atom. The summed E-state index contributed by atoms with van der Waals surface area (Å²) in [7, 11) is 0. The molecule has 0 atom stereocenters. The van der Waals surface area contributed by atoms with Crippen molar-refractivity contribution in [1.29, 1.82) is 0 Å². The van der Waals surface area contributed by atoms with E-state index in [1.165, 1.54) is 0 Å². The number of carbonyl (C=O) groups excluding carboxylic acids is 4. The molecule has 0 spiro atoms. The Morgan fingerprint density at radius 2 is 0.632 bits per heavy atom. The highest BCUT2D eigenvalue weighted by molar-refractivity contribution is 5.85. The van der Waals surface area contributed by atoms with Crippen molar-refractivity contribution >= 4 is 49.0 Å². The molecule has 2 aliphatic carbocycles. The number of aldehydes is 4. The van der Waals surface area contributed by atoms with Crippen molar-refractivity contribution in [2.75, 3.05) is 26.4 Å². The second-order valence-corrected chi connectivity index (χ2v) is 17.9. The average molecular weight is 935 g/mol. The Morgan fingerprint density at radius 1 is 0.426 bits per heavy atom. The third-order valence-corrected chi connectivity index (χ3v) is 13.7. The minimum absolute atomic E-state index is 0.152. The van der Waals surface area contributed by atoms with E-state index in [0.717, 1.165) is 47.9 Å². The summed E-state index contributed by atoms with van der Waals surface area (Å²) in [5, 5.41) is 37.3. The second kappa shape index (κ2) is 21.1. The van der Waals surface area contributed by atoms with Crippen molar-refractivity contribution in [1.82, 2.24) is 0 Å². The average Bonchev–Trinajstić information content (AvgIpc) is 3.31. The lowest BCUT2D eigenvalue weighted by molar-refractivity contribution is -0.140. The van der Waals surface area contributed by atoms with Gasteiger partial charge >= 0.3 is 23.9 Å². The third-order valence-electron chi connectivity index (χ3n) is 13.7. The van der Waals surface area contributed by atoms with Crippen molar-refractivity contribution in [3.05, 3.63) is 115 Å². The van der Waals surface area contributed by atoms with E-state index in [2.05, 4.69) is 0 Å². The number of hydrogen-bond acceptors (Lipinski definition) is 12. The van der Waals surface area contributed by atoms with Crippen LogP contribution in [0, 0.1) is 39.5 Å². The van der Waals surface area contributed by atoms with E-state index >= 15 is 0 Å². The Hall–Kier alpha value is -7.36. The van der Waals surface area contributed by atoms with Gasteiger partial charge in [0.2, 0.25) is 0 Å². The number of carbonyl (C=O) groups is 8. The van der Waals surface area contributed by atoms with Gasteiger partial charge in [-0.05, 0) is 160 Å². The molecule has 6 rings (SSSR count). The number of hydrogen-bond donors (Lipinski definition) is 4. The van der Waals surface area contributed by atoms with Gasteiger partial charge in [-0.1, -0.05) is 24.3 Å². The Bertz CT molecular complexity index is 2300. The van der Waals surface area contributed by atoms with Gasteiger partial charge in [0.05, 0.1) is 22.3 Å². The number of aryl methyl sites for hydroxylation is 4. The molecule has 0 aliphatic heterocycles. The Kier molecular flexibility index (Phi) is 15.5. The van der Waals surface area contributed by atoms with Gasteiger partial charge in [0.1, 0.15) is 23.0 Å². The first-order chi connectivity index (χ1) is 32.4. The lowest BCUT2D eigenvalue weighted by atomic mass is 9.56. The van der Waals surface area contributed by atoms with Gasteiger partial charge in [0.15, 0.2) is 51.6 Å². The van der Waals surface area contributed by atoms with E-state index in [4.69, 9.17) is 18.9 Å². The Labute approximate surface area is 392 Å². The summed E-state index contributed by atoms with van der Waals surface area (Å²) in [6.07, 6.45) is 7.73. The summed E-state index contributed by atoms with van der Waals surface area (Å²) in [5.74, 6) is -3.78. The molecule has 0 heterocycles. The van der Waals surface area contributed by atoms with Crippen LogP contribution < -0.4 is 18.9 Å².